The molecule has 0 saturated carbocycles. The molecular weight excluding hydrogens is 332 g/mol. The molecule has 1 heterocycles. The van der Waals surface area contributed by atoms with Crippen LogP contribution in [-0.2, 0) is 17.9 Å². The number of hydrogen-bond donors (Lipinski definition) is 2. The minimum atomic E-state index is -0.759. The first-order chi connectivity index (χ1) is 10.5. The van der Waals surface area contributed by atoms with Crippen LogP contribution in [0.1, 0.15) is 11.7 Å². The second-order valence-electron chi connectivity index (χ2n) is 4.69. The van der Waals surface area contributed by atoms with Gasteiger partial charge in [-0.2, -0.15) is 4.98 Å². The van der Waals surface area contributed by atoms with Gasteiger partial charge < -0.3 is 15.6 Å². The van der Waals surface area contributed by atoms with E-state index in [1.54, 1.807) is 11.9 Å². The molecule has 0 saturated heterocycles. The maximum Gasteiger partial charge on any atom is 0.240 e. The largest absolute Gasteiger partial charge is 0.338 e. The monoisotopic (exact) mass is 347 g/mol. The number of rotatable bonds is 6. The Morgan fingerprint density at radius 1 is 1.35 bits per heavy atom. The predicted molar refractivity (Wildman–Crippen MR) is 80.8 cm³/mol. The Morgan fingerprint density at radius 2 is 2.00 bits per heavy atom. The van der Waals surface area contributed by atoms with Crippen LogP contribution in [0.25, 0.3) is 0 Å². The summed E-state index contributed by atoms with van der Waals surface area (Å²) in [5.74, 6) is -1.24. The maximum absolute atomic E-state index is 13.0. The Kier molecular flexibility index (Phi) is 7.01. The molecule has 0 fully saturated rings. The lowest BCUT2D eigenvalue weighted by Gasteiger charge is -2.14. The van der Waals surface area contributed by atoms with Crippen molar-refractivity contribution in [2.75, 3.05) is 18.9 Å². The number of amides is 1. The van der Waals surface area contributed by atoms with Crippen LogP contribution < -0.4 is 11.1 Å². The van der Waals surface area contributed by atoms with E-state index in [0.29, 0.717) is 11.7 Å². The summed E-state index contributed by atoms with van der Waals surface area (Å²) in [5, 5.41) is 6.11. The average Bonchev–Trinajstić information content (AvgIpc) is 2.84. The van der Waals surface area contributed by atoms with Gasteiger partial charge in [0.1, 0.15) is 11.6 Å². The van der Waals surface area contributed by atoms with E-state index < -0.39 is 17.5 Å². The standard InChI is InChI=1S/C13H15F2N5O2.ClH/c1-20(6-11-18-13(5-16)22-19-11)7-12(21)17-10-3-8(14)2-9(15)4-10;/h2-4H,5-7,16H2,1H3,(H,17,21);1H. The van der Waals surface area contributed by atoms with Crippen molar-refractivity contribution in [1.82, 2.24) is 15.0 Å². The van der Waals surface area contributed by atoms with Crippen molar-refractivity contribution in [2.45, 2.75) is 13.1 Å². The smallest absolute Gasteiger partial charge is 0.240 e. The van der Waals surface area contributed by atoms with Crippen molar-refractivity contribution < 1.29 is 18.1 Å². The number of nitrogens with zero attached hydrogens (tertiary/aromatic N) is 3. The second kappa shape index (κ2) is 8.51. The number of halogens is 3. The molecule has 0 radical (unpaired) electrons. The highest BCUT2D eigenvalue weighted by Gasteiger charge is 2.12. The number of nitrogens with one attached hydrogen (secondary N) is 1. The van der Waals surface area contributed by atoms with E-state index in [-0.39, 0.29) is 37.7 Å². The lowest BCUT2D eigenvalue weighted by molar-refractivity contribution is -0.117. The van der Waals surface area contributed by atoms with Crippen LogP contribution in [0.3, 0.4) is 0 Å². The molecule has 0 aliphatic rings. The van der Waals surface area contributed by atoms with Crippen LogP contribution in [0.5, 0.6) is 0 Å². The van der Waals surface area contributed by atoms with Gasteiger partial charge in [0.15, 0.2) is 5.82 Å². The number of aromatic nitrogens is 2. The SMILES string of the molecule is CN(CC(=O)Nc1cc(F)cc(F)c1)Cc1noc(CN)n1.Cl. The topological polar surface area (TPSA) is 97.3 Å². The first kappa shape index (κ1) is 18.9. The van der Waals surface area contributed by atoms with Crippen LogP contribution in [-0.4, -0.2) is 34.5 Å². The van der Waals surface area contributed by atoms with Gasteiger partial charge in [0.2, 0.25) is 11.8 Å². The highest BCUT2D eigenvalue weighted by atomic mass is 35.5. The third-order valence-electron chi connectivity index (χ3n) is 2.66. The third-order valence-corrected chi connectivity index (χ3v) is 2.66. The quantitative estimate of drug-likeness (QED) is 0.817. The molecule has 126 valence electrons. The number of carbonyl (C=O) groups is 1. The summed E-state index contributed by atoms with van der Waals surface area (Å²) in [4.78, 5) is 17.4. The fourth-order valence-electron chi connectivity index (χ4n) is 1.81. The zero-order valence-corrected chi connectivity index (χ0v) is 13.1. The van der Waals surface area contributed by atoms with Crippen molar-refractivity contribution in [3.63, 3.8) is 0 Å². The van der Waals surface area contributed by atoms with Crippen LogP contribution >= 0.6 is 12.4 Å². The van der Waals surface area contributed by atoms with Gasteiger partial charge in [-0.1, -0.05) is 5.16 Å². The van der Waals surface area contributed by atoms with Gasteiger partial charge in [-0.05, 0) is 19.2 Å². The fraction of sp³-hybridized carbons (Fsp3) is 0.308. The number of likely N-dealkylation sites (N-methyl/N-ethyl adjacent to an activating group) is 1. The molecule has 0 atom stereocenters. The molecule has 0 aliphatic heterocycles. The predicted octanol–water partition coefficient (Wildman–Crippen LogP) is 1.30. The maximum atomic E-state index is 13.0. The lowest BCUT2D eigenvalue weighted by atomic mass is 10.3. The van der Waals surface area contributed by atoms with E-state index in [1.165, 1.54) is 0 Å². The minimum absolute atomic E-state index is 0. The fourth-order valence-corrected chi connectivity index (χ4v) is 1.81. The second-order valence-corrected chi connectivity index (χ2v) is 4.69. The molecule has 3 N–H and O–H groups in total. The van der Waals surface area contributed by atoms with Crippen molar-refractivity contribution in [3.8, 4) is 0 Å². The van der Waals surface area contributed by atoms with Crippen molar-refractivity contribution >= 4 is 24.0 Å². The first-order valence-electron chi connectivity index (χ1n) is 6.42. The summed E-state index contributed by atoms with van der Waals surface area (Å²) in [6, 6.07) is 2.80. The molecule has 0 spiro atoms. The summed E-state index contributed by atoms with van der Waals surface area (Å²) in [5.41, 5.74) is 5.41. The van der Waals surface area contributed by atoms with E-state index in [2.05, 4.69) is 15.5 Å². The van der Waals surface area contributed by atoms with E-state index in [9.17, 15) is 13.6 Å². The zero-order chi connectivity index (χ0) is 16.1. The molecule has 0 unspecified atom stereocenters. The highest BCUT2D eigenvalue weighted by molar-refractivity contribution is 5.92. The van der Waals surface area contributed by atoms with Crippen LogP contribution in [0, 0.1) is 11.6 Å². The van der Waals surface area contributed by atoms with E-state index in [0.717, 1.165) is 18.2 Å². The van der Waals surface area contributed by atoms with E-state index in [1.807, 2.05) is 0 Å². The average molecular weight is 348 g/mol. The summed E-state index contributed by atoms with van der Waals surface area (Å²) >= 11 is 0. The van der Waals surface area contributed by atoms with Crippen LogP contribution in [0.4, 0.5) is 14.5 Å². The molecule has 0 bridgehead atoms. The number of nitrogens with two attached hydrogens (primary N) is 1. The Bertz CT molecular complexity index is 647. The van der Waals surface area contributed by atoms with Gasteiger partial charge in [-0.15, -0.1) is 12.4 Å². The van der Waals surface area contributed by atoms with Gasteiger partial charge in [-0.25, -0.2) is 8.78 Å². The number of hydrogen-bond acceptors (Lipinski definition) is 6. The van der Waals surface area contributed by atoms with Gasteiger partial charge in [0, 0.05) is 11.8 Å². The highest BCUT2D eigenvalue weighted by Crippen LogP contribution is 2.12. The molecule has 7 nitrogen and oxygen atoms in total. The summed E-state index contributed by atoms with van der Waals surface area (Å²) in [7, 11) is 1.67. The number of anilines is 1. The number of carbonyl (C=O) groups excluding carboxylic acids is 1. The van der Waals surface area contributed by atoms with E-state index in [4.69, 9.17) is 10.3 Å². The molecule has 23 heavy (non-hydrogen) atoms. The molecular formula is C13H16ClF2N5O2. The number of benzene rings is 1. The lowest BCUT2D eigenvalue weighted by Crippen LogP contribution is -2.30. The molecule has 1 amide bonds. The summed E-state index contributed by atoms with van der Waals surface area (Å²) in [6.07, 6.45) is 0. The Hall–Kier alpha value is -2.10. The van der Waals surface area contributed by atoms with Gasteiger partial charge >= 0.3 is 0 Å². The first-order valence-corrected chi connectivity index (χ1v) is 6.42. The normalized spacial score (nSPS) is 10.5. The van der Waals surface area contributed by atoms with Gasteiger partial charge in [0.25, 0.3) is 0 Å². The Labute approximate surface area is 137 Å². The molecule has 10 heteroatoms. The minimum Gasteiger partial charge on any atom is -0.338 e. The van der Waals surface area contributed by atoms with Crippen LogP contribution in [0.15, 0.2) is 22.7 Å². The zero-order valence-electron chi connectivity index (χ0n) is 12.3. The Balaban J connectivity index is 0.00000264. The van der Waals surface area contributed by atoms with E-state index >= 15 is 0 Å². The van der Waals surface area contributed by atoms with Gasteiger partial charge in [0.05, 0.1) is 19.6 Å². The summed E-state index contributed by atoms with van der Waals surface area (Å²) < 4.78 is 30.9. The Morgan fingerprint density at radius 3 is 2.57 bits per heavy atom. The van der Waals surface area contributed by atoms with Crippen molar-refractivity contribution in [3.05, 3.63) is 41.5 Å². The van der Waals surface area contributed by atoms with Crippen molar-refractivity contribution in [1.29, 1.82) is 0 Å². The van der Waals surface area contributed by atoms with Crippen molar-refractivity contribution in [2.24, 2.45) is 5.73 Å². The van der Waals surface area contributed by atoms with Gasteiger partial charge in [-0.3, -0.25) is 9.69 Å². The molecule has 0 aliphatic carbocycles. The molecule has 2 aromatic rings. The molecule has 2 rings (SSSR count). The molecule has 1 aromatic heterocycles. The molecule has 1 aromatic carbocycles. The third kappa shape index (κ3) is 5.89. The summed E-state index contributed by atoms with van der Waals surface area (Å²) in [6.45, 7) is 0.404. The van der Waals surface area contributed by atoms with Crippen LogP contribution in [0.2, 0.25) is 0 Å².